The lowest BCUT2D eigenvalue weighted by molar-refractivity contribution is -0.136. The number of hydrogen-bond donors (Lipinski definition) is 2. The fraction of sp³-hybridized carbons (Fsp3) is 0.357. The van der Waals surface area contributed by atoms with Gasteiger partial charge in [-0.1, -0.05) is 0 Å². The third-order valence-corrected chi connectivity index (χ3v) is 3.81. The highest BCUT2D eigenvalue weighted by Crippen LogP contribution is 2.29. The van der Waals surface area contributed by atoms with Crippen molar-refractivity contribution in [1.29, 1.82) is 0 Å². The van der Waals surface area contributed by atoms with Gasteiger partial charge in [0, 0.05) is 31.3 Å². The van der Waals surface area contributed by atoms with E-state index in [0.717, 1.165) is 11.3 Å². The number of carbonyl (C=O) groups is 3. The summed E-state index contributed by atoms with van der Waals surface area (Å²) in [6, 6.07) is 4.98. The monoisotopic (exact) mass is 273 g/mol. The van der Waals surface area contributed by atoms with Crippen LogP contribution in [-0.4, -0.2) is 35.7 Å². The Balaban J connectivity index is 1.86. The Morgan fingerprint density at radius 3 is 2.80 bits per heavy atom. The van der Waals surface area contributed by atoms with Crippen molar-refractivity contribution in [3.05, 3.63) is 29.3 Å². The van der Waals surface area contributed by atoms with Crippen LogP contribution in [-0.2, 0) is 16.1 Å². The van der Waals surface area contributed by atoms with Crippen molar-refractivity contribution in [3.8, 4) is 0 Å². The molecule has 1 unspecified atom stereocenters. The Hall–Kier alpha value is -2.37. The van der Waals surface area contributed by atoms with E-state index in [0.29, 0.717) is 18.5 Å². The maximum Gasteiger partial charge on any atom is 0.255 e. The average Bonchev–Trinajstić information content (AvgIpc) is 2.75. The van der Waals surface area contributed by atoms with Crippen molar-refractivity contribution in [2.75, 3.05) is 12.4 Å². The van der Waals surface area contributed by atoms with Gasteiger partial charge in [-0.15, -0.1) is 0 Å². The highest BCUT2D eigenvalue weighted by Gasteiger charge is 2.38. The molecule has 2 heterocycles. The van der Waals surface area contributed by atoms with Crippen LogP contribution in [0.25, 0.3) is 0 Å². The molecular formula is C14H15N3O3. The van der Waals surface area contributed by atoms with Crippen molar-refractivity contribution < 1.29 is 14.4 Å². The normalized spacial score (nSPS) is 21.8. The van der Waals surface area contributed by atoms with Crippen LogP contribution in [0.3, 0.4) is 0 Å². The standard InChI is InChI=1S/C14H15N3O3/c1-15-9-2-3-10-8(6-9)7-17(14(10)20)11-4-5-12(18)16-13(11)19/h2-3,6,11,15H,4-5,7H2,1H3,(H,16,18,19). The van der Waals surface area contributed by atoms with Gasteiger partial charge in [-0.05, 0) is 30.2 Å². The maximum atomic E-state index is 12.4. The summed E-state index contributed by atoms with van der Waals surface area (Å²) in [4.78, 5) is 37.0. The van der Waals surface area contributed by atoms with Gasteiger partial charge >= 0.3 is 0 Å². The van der Waals surface area contributed by atoms with Gasteiger partial charge in [-0.3, -0.25) is 19.7 Å². The molecule has 1 atom stereocenters. The van der Waals surface area contributed by atoms with Gasteiger partial charge < -0.3 is 10.2 Å². The largest absolute Gasteiger partial charge is 0.388 e. The number of fused-ring (bicyclic) bond motifs is 1. The van der Waals surface area contributed by atoms with Crippen LogP contribution in [0.15, 0.2) is 18.2 Å². The highest BCUT2D eigenvalue weighted by atomic mass is 16.2. The Morgan fingerprint density at radius 2 is 2.10 bits per heavy atom. The molecule has 20 heavy (non-hydrogen) atoms. The van der Waals surface area contributed by atoms with Crippen LogP contribution in [0.2, 0.25) is 0 Å². The minimum atomic E-state index is -0.550. The Kier molecular flexibility index (Phi) is 2.93. The Morgan fingerprint density at radius 1 is 1.30 bits per heavy atom. The van der Waals surface area contributed by atoms with Crippen LogP contribution in [0.1, 0.15) is 28.8 Å². The van der Waals surface area contributed by atoms with Crippen molar-refractivity contribution in [3.63, 3.8) is 0 Å². The summed E-state index contributed by atoms with van der Waals surface area (Å²) in [7, 11) is 1.82. The Labute approximate surface area is 116 Å². The maximum absolute atomic E-state index is 12.4. The summed E-state index contributed by atoms with van der Waals surface area (Å²) in [6.45, 7) is 0.413. The van der Waals surface area contributed by atoms with Gasteiger partial charge in [0.1, 0.15) is 6.04 Å². The predicted molar refractivity (Wildman–Crippen MR) is 72.0 cm³/mol. The van der Waals surface area contributed by atoms with Gasteiger partial charge in [-0.2, -0.15) is 0 Å². The van der Waals surface area contributed by atoms with Crippen LogP contribution in [0, 0.1) is 0 Å². The molecular weight excluding hydrogens is 258 g/mol. The quantitative estimate of drug-likeness (QED) is 0.769. The van der Waals surface area contributed by atoms with E-state index in [9.17, 15) is 14.4 Å². The second-order valence-electron chi connectivity index (χ2n) is 5.02. The summed E-state index contributed by atoms with van der Waals surface area (Å²) >= 11 is 0. The second kappa shape index (κ2) is 4.63. The van der Waals surface area contributed by atoms with Gasteiger partial charge in [0.25, 0.3) is 5.91 Å². The lowest BCUT2D eigenvalue weighted by Gasteiger charge is -2.29. The number of rotatable bonds is 2. The number of carbonyl (C=O) groups excluding carboxylic acids is 3. The van der Waals surface area contributed by atoms with Crippen molar-refractivity contribution in [2.24, 2.45) is 0 Å². The first kappa shape index (κ1) is 12.7. The fourth-order valence-electron chi connectivity index (χ4n) is 2.73. The zero-order chi connectivity index (χ0) is 14.3. The minimum absolute atomic E-state index is 0.142. The number of nitrogens with zero attached hydrogens (tertiary/aromatic N) is 1. The number of imide groups is 1. The first-order valence-corrected chi connectivity index (χ1v) is 6.55. The average molecular weight is 273 g/mol. The molecule has 3 amide bonds. The second-order valence-corrected chi connectivity index (χ2v) is 5.02. The van der Waals surface area contributed by atoms with Gasteiger partial charge in [0.2, 0.25) is 11.8 Å². The zero-order valence-corrected chi connectivity index (χ0v) is 11.1. The predicted octanol–water partition coefficient (Wildman–Crippen LogP) is 0.489. The summed E-state index contributed by atoms with van der Waals surface area (Å²) in [5, 5.41) is 5.32. The highest BCUT2D eigenvalue weighted by molar-refractivity contribution is 6.05. The molecule has 2 aliphatic rings. The SMILES string of the molecule is CNc1ccc2c(c1)CN(C1CCC(=O)NC1=O)C2=O. The van der Waals surface area contributed by atoms with Crippen LogP contribution in [0.4, 0.5) is 5.69 Å². The van der Waals surface area contributed by atoms with Crippen LogP contribution in [0.5, 0.6) is 0 Å². The number of amides is 3. The molecule has 1 saturated heterocycles. The lowest BCUT2D eigenvalue weighted by atomic mass is 10.0. The molecule has 3 rings (SSSR count). The summed E-state index contributed by atoms with van der Waals surface area (Å²) in [6.07, 6.45) is 0.668. The fourth-order valence-corrected chi connectivity index (χ4v) is 2.73. The van der Waals surface area contributed by atoms with Crippen LogP contribution >= 0.6 is 0 Å². The van der Waals surface area contributed by atoms with E-state index in [2.05, 4.69) is 10.6 Å². The molecule has 1 aromatic rings. The molecule has 1 aromatic carbocycles. The molecule has 0 spiro atoms. The third-order valence-electron chi connectivity index (χ3n) is 3.81. The molecule has 6 nitrogen and oxygen atoms in total. The van der Waals surface area contributed by atoms with Crippen molar-refractivity contribution >= 4 is 23.4 Å². The molecule has 2 aliphatic heterocycles. The summed E-state index contributed by atoms with van der Waals surface area (Å²) in [5.74, 6) is -0.790. The molecule has 2 N–H and O–H groups in total. The first-order chi connectivity index (χ1) is 9.60. The number of hydrogen-bond acceptors (Lipinski definition) is 4. The van der Waals surface area contributed by atoms with Crippen molar-refractivity contribution in [1.82, 2.24) is 10.2 Å². The number of piperidine rings is 1. The van der Waals surface area contributed by atoms with Crippen molar-refractivity contribution in [2.45, 2.75) is 25.4 Å². The van der Waals surface area contributed by atoms with Crippen LogP contribution < -0.4 is 10.6 Å². The van der Waals surface area contributed by atoms with E-state index in [-0.39, 0.29) is 24.1 Å². The summed E-state index contributed by atoms with van der Waals surface area (Å²) in [5.41, 5.74) is 2.47. The molecule has 0 aliphatic carbocycles. The zero-order valence-electron chi connectivity index (χ0n) is 11.1. The van der Waals surface area contributed by atoms with Gasteiger partial charge in [0.15, 0.2) is 0 Å². The van der Waals surface area contributed by atoms with E-state index in [1.165, 1.54) is 0 Å². The third kappa shape index (κ3) is 1.93. The lowest BCUT2D eigenvalue weighted by Crippen LogP contribution is -2.52. The molecule has 0 bridgehead atoms. The minimum Gasteiger partial charge on any atom is -0.388 e. The Bertz CT molecular complexity index is 612. The van der Waals surface area contributed by atoms with E-state index in [4.69, 9.17) is 0 Å². The molecule has 1 fully saturated rings. The van der Waals surface area contributed by atoms with E-state index in [1.807, 2.05) is 19.2 Å². The van der Waals surface area contributed by atoms with E-state index >= 15 is 0 Å². The first-order valence-electron chi connectivity index (χ1n) is 6.55. The van der Waals surface area contributed by atoms with Gasteiger partial charge in [-0.25, -0.2) is 0 Å². The smallest absolute Gasteiger partial charge is 0.255 e. The number of nitrogens with one attached hydrogen (secondary N) is 2. The molecule has 0 aromatic heterocycles. The topological polar surface area (TPSA) is 78.5 Å². The number of benzene rings is 1. The molecule has 0 saturated carbocycles. The molecule has 6 heteroatoms. The van der Waals surface area contributed by atoms with E-state index < -0.39 is 6.04 Å². The summed E-state index contributed by atoms with van der Waals surface area (Å²) < 4.78 is 0. The molecule has 0 radical (unpaired) electrons. The molecule has 104 valence electrons. The van der Waals surface area contributed by atoms with E-state index in [1.54, 1.807) is 11.0 Å². The number of anilines is 1. The van der Waals surface area contributed by atoms with Gasteiger partial charge in [0.05, 0.1) is 0 Å².